The van der Waals surface area contributed by atoms with Crippen LogP contribution in [0, 0.1) is 5.92 Å². The number of halogens is 1. The van der Waals surface area contributed by atoms with Gasteiger partial charge in [0.1, 0.15) is 5.82 Å². The third kappa shape index (κ3) is 2.65. The molecule has 2 fully saturated rings. The first-order valence-electron chi connectivity index (χ1n) is 7.48. The normalized spacial score (nSPS) is 27.4. The van der Waals surface area contributed by atoms with Crippen LogP contribution in [0.2, 0.25) is 5.02 Å². The predicted molar refractivity (Wildman–Crippen MR) is 83.1 cm³/mol. The minimum atomic E-state index is 0.469. The number of piperidine rings is 2. The molecule has 2 unspecified atom stereocenters. The maximum atomic E-state index is 6.10. The van der Waals surface area contributed by atoms with Crippen molar-refractivity contribution in [2.45, 2.75) is 31.8 Å². The summed E-state index contributed by atoms with van der Waals surface area (Å²) in [5.74, 6) is 1.79. The molecular weight excluding hydrogens is 272 g/mol. The molecule has 4 nitrogen and oxygen atoms in total. The number of anilines is 1. The van der Waals surface area contributed by atoms with E-state index in [1.54, 1.807) is 6.20 Å². The Labute approximate surface area is 125 Å². The summed E-state index contributed by atoms with van der Waals surface area (Å²) in [7, 11) is 2.26. The summed E-state index contributed by atoms with van der Waals surface area (Å²) in [4.78, 5) is 9.42. The molecule has 2 atom stereocenters. The zero-order valence-electron chi connectivity index (χ0n) is 12.1. The van der Waals surface area contributed by atoms with Crippen molar-refractivity contribution in [1.82, 2.24) is 9.88 Å². The van der Waals surface area contributed by atoms with Crippen LogP contribution in [0.25, 0.3) is 0 Å². The summed E-state index contributed by atoms with van der Waals surface area (Å²) in [6.07, 6.45) is 5.61. The maximum absolute atomic E-state index is 6.10. The lowest BCUT2D eigenvalue weighted by atomic mass is 9.84. The number of nitrogens with two attached hydrogens (primary N) is 1. The van der Waals surface area contributed by atoms with E-state index in [4.69, 9.17) is 17.3 Å². The molecule has 2 saturated heterocycles. The summed E-state index contributed by atoms with van der Waals surface area (Å²) >= 11 is 6.10. The van der Waals surface area contributed by atoms with Gasteiger partial charge in [-0.15, -0.1) is 0 Å². The van der Waals surface area contributed by atoms with E-state index in [1.807, 2.05) is 0 Å². The van der Waals surface area contributed by atoms with Crippen molar-refractivity contribution in [2.75, 3.05) is 31.6 Å². The third-order valence-corrected chi connectivity index (χ3v) is 5.15. The second-order valence-corrected chi connectivity index (χ2v) is 6.43. The highest BCUT2D eigenvalue weighted by atomic mass is 35.5. The van der Waals surface area contributed by atoms with Gasteiger partial charge in [-0.05, 0) is 50.4 Å². The number of pyridine rings is 1. The number of fused-ring (bicyclic) bond motifs is 1. The van der Waals surface area contributed by atoms with E-state index < -0.39 is 0 Å². The van der Waals surface area contributed by atoms with Gasteiger partial charge < -0.3 is 15.5 Å². The van der Waals surface area contributed by atoms with Crippen molar-refractivity contribution in [1.29, 1.82) is 0 Å². The van der Waals surface area contributed by atoms with Gasteiger partial charge in [-0.2, -0.15) is 0 Å². The molecule has 1 aromatic heterocycles. The van der Waals surface area contributed by atoms with E-state index in [-0.39, 0.29) is 0 Å². The molecule has 0 radical (unpaired) electrons. The standard InChI is InChI=1S/C15H23ClN4/c1-19-5-2-3-11-10-20(6-4-14(11)19)15-7-12(8-17)13(16)9-18-15/h7,9,11,14H,2-6,8,10,17H2,1H3. The number of rotatable bonds is 2. The molecule has 2 aliphatic heterocycles. The molecule has 2 N–H and O–H groups in total. The number of aromatic nitrogens is 1. The predicted octanol–water partition coefficient (Wildman–Crippen LogP) is 2.11. The van der Waals surface area contributed by atoms with Gasteiger partial charge in [0.15, 0.2) is 0 Å². The van der Waals surface area contributed by atoms with Crippen LogP contribution >= 0.6 is 11.6 Å². The molecule has 1 aromatic rings. The van der Waals surface area contributed by atoms with Crippen LogP contribution in [0.1, 0.15) is 24.8 Å². The largest absolute Gasteiger partial charge is 0.356 e. The number of hydrogen-bond donors (Lipinski definition) is 1. The van der Waals surface area contributed by atoms with Crippen molar-refractivity contribution in [2.24, 2.45) is 11.7 Å². The topological polar surface area (TPSA) is 45.4 Å². The lowest BCUT2D eigenvalue weighted by Crippen LogP contribution is -2.52. The van der Waals surface area contributed by atoms with E-state index in [2.05, 4.69) is 27.9 Å². The van der Waals surface area contributed by atoms with E-state index in [0.717, 1.165) is 36.4 Å². The molecule has 3 rings (SSSR count). The van der Waals surface area contributed by atoms with Gasteiger partial charge in [0.2, 0.25) is 0 Å². The van der Waals surface area contributed by atoms with Crippen LogP contribution < -0.4 is 10.6 Å². The summed E-state index contributed by atoms with van der Waals surface area (Å²) in [6, 6.07) is 2.80. The molecule has 3 heterocycles. The highest BCUT2D eigenvalue weighted by Gasteiger charge is 2.34. The van der Waals surface area contributed by atoms with Gasteiger partial charge in [0.05, 0.1) is 5.02 Å². The molecule has 0 aliphatic carbocycles. The summed E-state index contributed by atoms with van der Waals surface area (Å²) in [5.41, 5.74) is 6.72. The molecule has 5 heteroatoms. The van der Waals surface area contributed by atoms with Gasteiger partial charge in [-0.3, -0.25) is 0 Å². The number of nitrogens with zero attached hydrogens (tertiary/aromatic N) is 3. The first-order chi connectivity index (χ1) is 9.69. The summed E-state index contributed by atoms with van der Waals surface area (Å²) in [6.45, 7) is 3.90. The van der Waals surface area contributed by atoms with Crippen molar-refractivity contribution in [3.05, 3.63) is 22.8 Å². The van der Waals surface area contributed by atoms with Gasteiger partial charge in [0, 0.05) is 31.9 Å². The molecule has 110 valence electrons. The van der Waals surface area contributed by atoms with Crippen molar-refractivity contribution in [3.63, 3.8) is 0 Å². The van der Waals surface area contributed by atoms with E-state index in [1.165, 1.54) is 25.8 Å². The molecule has 2 aliphatic rings. The minimum Gasteiger partial charge on any atom is -0.356 e. The Hall–Kier alpha value is -0.840. The Morgan fingerprint density at radius 3 is 3.05 bits per heavy atom. The van der Waals surface area contributed by atoms with Crippen LogP contribution in [-0.4, -0.2) is 42.6 Å². The maximum Gasteiger partial charge on any atom is 0.128 e. The van der Waals surface area contributed by atoms with Gasteiger partial charge in [-0.25, -0.2) is 4.98 Å². The molecule has 0 bridgehead atoms. The quantitative estimate of drug-likeness (QED) is 0.907. The van der Waals surface area contributed by atoms with Gasteiger partial charge >= 0.3 is 0 Å². The third-order valence-electron chi connectivity index (χ3n) is 4.81. The first-order valence-corrected chi connectivity index (χ1v) is 7.86. The second kappa shape index (κ2) is 5.88. The number of likely N-dealkylation sites (tertiary alicyclic amines) is 1. The van der Waals surface area contributed by atoms with Crippen LogP contribution in [0.15, 0.2) is 12.3 Å². The van der Waals surface area contributed by atoms with Crippen LogP contribution in [-0.2, 0) is 6.54 Å². The van der Waals surface area contributed by atoms with E-state index >= 15 is 0 Å². The Balaban J connectivity index is 1.76. The number of hydrogen-bond acceptors (Lipinski definition) is 4. The van der Waals surface area contributed by atoms with Crippen LogP contribution in [0.3, 0.4) is 0 Å². The fourth-order valence-electron chi connectivity index (χ4n) is 3.66. The Morgan fingerprint density at radius 2 is 2.25 bits per heavy atom. The second-order valence-electron chi connectivity index (χ2n) is 6.02. The smallest absolute Gasteiger partial charge is 0.128 e. The van der Waals surface area contributed by atoms with Gasteiger partial charge in [-0.1, -0.05) is 11.6 Å². The first kappa shape index (κ1) is 14.1. The van der Waals surface area contributed by atoms with Gasteiger partial charge in [0.25, 0.3) is 0 Å². The highest BCUT2D eigenvalue weighted by molar-refractivity contribution is 6.31. The molecule has 0 saturated carbocycles. The lowest BCUT2D eigenvalue weighted by molar-refractivity contribution is 0.102. The highest BCUT2D eigenvalue weighted by Crippen LogP contribution is 2.32. The van der Waals surface area contributed by atoms with Crippen LogP contribution in [0.5, 0.6) is 0 Å². The summed E-state index contributed by atoms with van der Waals surface area (Å²) < 4.78 is 0. The molecule has 0 aromatic carbocycles. The molecular formula is C15H23ClN4. The van der Waals surface area contributed by atoms with Crippen molar-refractivity contribution < 1.29 is 0 Å². The van der Waals surface area contributed by atoms with E-state index in [0.29, 0.717) is 11.6 Å². The average molecular weight is 295 g/mol. The summed E-state index contributed by atoms with van der Waals surface area (Å²) in [5, 5.41) is 0.670. The Bertz CT molecular complexity index is 479. The zero-order valence-corrected chi connectivity index (χ0v) is 12.8. The van der Waals surface area contributed by atoms with E-state index in [9.17, 15) is 0 Å². The lowest BCUT2D eigenvalue weighted by Gasteiger charge is -2.46. The fraction of sp³-hybridized carbons (Fsp3) is 0.667. The average Bonchev–Trinajstić information content (AvgIpc) is 2.47. The zero-order chi connectivity index (χ0) is 14.1. The molecule has 0 spiro atoms. The minimum absolute atomic E-state index is 0.469. The fourth-order valence-corrected chi connectivity index (χ4v) is 3.84. The monoisotopic (exact) mass is 294 g/mol. The van der Waals surface area contributed by atoms with Crippen LogP contribution in [0.4, 0.5) is 5.82 Å². The van der Waals surface area contributed by atoms with Crippen molar-refractivity contribution in [3.8, 4) is 0 Å². The molecule has 0 amide bonds. The Morgan fingerprint density at radius 1 is 1.40 bits per heavy atom. The van der Waals surface area contributed by atoms with Crippen molar-refractivity contribution >= 4 is 17.4 Å². The Kier molecular flexibility index (Phi) is 4.15. The SMILES string of the molecule is CN1CCCC2CN(c3cc(CN)c(Cl)cn3)CCC21. The molecule has 20 heavy (non-hydrogen) atoms.